The van der Waals surface area contributed by atoms with Gasteiger partial charge in [0.25, 0.3) is 0 Å². The summed E-state index contributed by atoms with van der Waals surface area (Å²) in [5.74, 6) is 1.67. The van der Waals surface area contributed by atoms with Gasteiger partial charge in [0.2, 0.25) is 5.88 Å². The molecule has 0 aliphatic carbocycles. The molecule has 1 unspecified atom stereocenters. The van der Waals surface area contributed by atoms with Crippen molar-refractivity contribution in [2.24, 2.45) is 0 Å². The summed E-state index contributed by atoms with van der Waals surface area (Å²) in [4.78, 5) is 4.49. The van der Waals surface area contributed by atoms with E-state index in [1.807, 2.05) is 60.7 Å². The Bertz CT molecular complexity index is 1190. The SMILES string of the molecule is OC(COCc1ccccc1)CN(Cc1ccco1)Cc1c(-c2ccccc2)noc1N1CCCCC1. The number of hydrogen-bond donors (Lipinski definition) is 1. The molecule has 2 aromatic carbocycles. The number of furan rings is 1. The summed E-state index contributed by atoms with van der Waals surface area (Å²) < 4.78 is 17.5. The first-order chi connectivity index (χ1) is 18.3. The Hall–Kier alpha value is -3.39. The Labute approximate surface area is 218 Å². The zero-order chi connectivity index (χ0) is 25.3. The Balaban J connectivity index is 1.34. The molecular formula is C30H35N3O4. The van der Waals surface area contributed by atoms with Gasteiger partial charge in [0.15, 0.2) is 0 Å². The maximum absolute atomic E-state index is 10.9. The molecule has 0 bridgehead atoms. The standard InChI is InChI=1S/C30H35N3O4/c34-26(23-35-22-24-11-4-1-5-12-24)19-32(20-27-15-10-18-36-27)21-28-29(25-13-6-2-7-14-25)31-37-30(28)33-16-8-3-9-17-33/h1-2,4-7,10-15,18,26,34H,3,8-9,16-17,19-23H2. The Morgan fingerprint density at radius 1 is 0.919 bits per heavy atom. The van der Waals surface area contributed by atoms with Crippen LogP contribution in [0.25, 0.3) is 11.3 Å². The Morgan fingerprint density at radius 3 is 2.41 bits per heavy atom. The molecule has 194 valence electrons. The second-order valence-electron chi connectivity index (χ2n) is 9.63. The van der Waals surface area contributed by atoms with E-state index in [2.05, 4.69) is 27.1 Å². The lowest BCUT2D eigenvalue weighted by Gasteiger charge is -2.29. The normalized spacial score (nSPS) is 14.8. The van der Waals surface area contributed by atoms with Crippen LogP contribution in [-0.4, -0.2) is 47.5 Å². The van der Waals surface area contributed by atoms with Crippen LogP contribution in [0, 0.1) is 0 Å². The molecule has 7 heteroatoms. The van der Waals surface area contributed by atoms with E-state index in [9.17, 15) is 5.11 Å². The highest BCUT2D eigenvalue weighted by Gasteiger charge is 2.26. The molecule has 37 heavy (non-hydrogen) atoms. The minimum Gasteiger partial charge on any atom is -0.468 e. The third-order valence-electron chi connectivity index (χ3n) is 6.69. The number of aliphatic hydroxyl groups excluding tert-OH is 1. The van der Waals surface area contributed by atoms with Gasteiger partial charge in [0.05, 0.1) is 37.7 Å². The fourth-order valence-electron chi connectivity index (χ4n) is 4.88. The van der Waals surface area contributed by atoms with Crippen molar-refractivity contribution >= 4 is 5.88 Å². The van der Waals surface area contributed by atoms with Crippen LogP contribution >= 0.6 is 0 Å². The van der Waals surface area contributed by atoms with Crippen LogP contribution in [0.15, 0.2) is 88.0 Å². The molecule has 3 heterocycles. The summed E-state index contributed by atoms with van der Waals surface area (Å²) in [6.45, 7) is 4.19. The molecule has 1 aliphatic heterocycles. The van der Waals surface area contributed by atoms with Crippen molar-refractivity contribution < 1.29 is 18.8 Å². The minimum atomic E-state index is -0.655. The lowest BCUT2D eigenvalue weighted by Crippen LogP contribution is -2.35. The fraction of sp³-hybridized carbons (Fsp3) is 0.367. The molecule has 1 aliphatic rings. The molecule has 1 fully saturated rings. The number of aliphatic hydroxyl groups is 1. The first-order valence-corrected chi connectivity index (χ1v) is 13.1. The van der Waals surface area contributed by atoms with E-state index >= 15 is 0 Å². The molecule has 7 nitrogen and oxygen atoms in total. The van der Waals surface area contributed by atoms with Crippen LogP contribution in [0.5, 0.6) is 0 Å². The highest BCUT2D eigenvalue weighted by molar-refractivity contribution is 5.68. The monoisotopic (exact) mass is 501 g/mol. The highest BCUT2D eigenvalue weighted by Crippen LogP contribution is 2.34. The summed E-state index contributed by atoms with van der Waals surface area (Å²) in [7, 11) is 0. The molecule has 5 rings (SSSR count). The zero-order valence-corrected chi connectivity index (χ0v) is 21.2. The van der Waals surface area contributed by atoms with Crippen LogP contribution in [0.3, 0.4) is 0 Å². The lowest BCUT2D eigenvalue weighted by atomic mass is 10.1. The largest absolute Gasteiger partial charge is 0.468 e. The maximum atomic E-state index is 10.9. The molecule has 0 amide bonds. The van der Waals surface area contributed by atoms with Crippen molar-refractivity contribution in [2.75, 3.05) is 31.1 Å². The third-order valence-corrected chi connectivity index (χ3v) is 6.69. The van der Waals surface area contributed by atoms with Crippen molar-refractivity contribution in [3.8, 4) is 11.3 Å². The Morgan fingerprint density at radius 2 is 1.68 bits per heavy atom. The topological polar surface area (TPSA) is 75.1 Å². The molecule has 2 aromatic heterocycles. The first kappa shape index (κ1) is 25.3. The van der Waals surface area contributed by atoms with Gasteiger partial charge in [-0.25, -0.2) is 0 Å². The van der Waals surface area contributed by atoms with Crippen LogP contribution in [0.1, 0.15) is 36.1 Å². The van der Waals surface area contributed by atoms with E-state index < -0.39 is 6.10 Å². The number of piperidine rings is 1. The van der Waals surface area contributed by atoms with Gasteiger partial charge in [-0.3, -0.25) is 4.90 Å². The van der Waals surface area contributed by atoms with E-state index in [4.69, 9.17) is 13.7 Å². The second kappa shape index (κ2) is 12.7. The molecule has 0 radical (unpaired) electrons. The summed E-state index contributed by atoms with van der Waals surface area (Å²) in [5, 5.41) is 15.4. The number of rotatable bonds is 12. The van der Waals surface area contributed by atoms with Crippen molar-refractivity contribution in [1.29, 1.82) is 0 Å². The van der Waals surface area contributed by atoms with Gasteiger partial charge in [-0.2, -0.15) is 0 Å². The highest BCUT2D eigenvalue weighted by atomic mass is 16.5. The van der Waals surface area contributed by atoms with E-state index in [1.54, 1.807) is 6.26 Å². The Kier molecular flexibility index (Phi) is 8.69. The fourth-order valence-corrected chi connectivity index (χ4v) is 4.88. The maximum Gasteiger partial charge on any atom is 0.232 e. The van der Waals surface area contributed by atoms with E-state index in [0.717, 1.165) is 60.0 Å². The third kappa shape index (κ3) is 6.89. The number of anilines is 1. The van der Waals surface area contributed by atoms with Gasteiger partial charge in [-0.05, 0) is 37.0 Å². The van der Waals surface area contributed by atoms with Gasteiger partial charge >= 0.3 is 0 Å². The van der Waals surface area contributed by atoms with Crippen molar-refractivity contribution in [1.82, 2.24) is 10.1 Å². The number of nitrogens with zero attached hydrogens (tertiary/aromatic N) is 3. The number of aromatic nitrogens is 1. The quantitative estimate of drug-likeness (QED) is 0.275. The molecule has 4 aromatic rings. The average Bonchev–Trinajstić information content (AvgIpc) is 3.60. The van der Waals surface area contributed by atoms with E-state index in [-0.39, 0.29) is 6.61 Å². The molecule has 1 atom stereocenters. The van der Waals surface area contributed by atoms with Crippen molar-refractivity contribution in [3.63, 3.8) is 0 Å². The number of ether oxygens (including phenoxy) is 1. The van der Waals surface area contributed by atoms with Gasteiger partial charge in [0, 0.05) is 31.7 Å². The number of hydrogen-bond acceptors (Lipinski definition) is 7. The number of benzene rings is 2. The van der Waals surface area contributed by atoms with Crippen molar-refractivity contribution in [3.05, 3.63) is 95.9 Å². The molecule has 0 spiro atoms. The summed E-state index contributed by atoms with van der Waals surface area (Å²) in [6, 6.07) is 24.0. The first-order valence-electron chi connectivity index (χ1n) is 13.1. The van der Waals surface area contributed by atoms with Gasteiger partial charge in [-0.15, -0.1) is 0 Å². The minimum absolute atomic E-state index is 0.248. The van der Waals surface area contributed by atoms with E-state index in [0.29, 0.717) is 26.2 Å². The van der Waals surface area contributed by atoms with Crippen molar-refractivity contribution in [2.45, 2.75) is 45.1 Å². The van der Waals surface area contributed by atoms with Crippen LogP contribution in [-0.2, 0) is 24.4 Å². The van der Waals surface area contributed by atoms with E-state index in [1.165, 1.54) is 6.42 Å². The molecule has 1 N–H and O–H groups in total. The average molecular weight is 502 g/mol. The summed E-state index contributed by atoms with van der Waals surface area (Å²) in [5.41, 5.74) is 4.00. The van der Waals surface area contributed by atoms with Crippen LogP contribution in [0.4, 0.5) is 5.88 Å². The van der Waals surface area contributed by atoms with Crippen LogP contribution < -0.4 is 4.90 Å². The van der Waals surface area contributed by atoms with Crippen LogP contribution in [0.2, 0.25) is 0 Å². The zero-order valence-electron chi connectivity index (χ0n) is 21.2. The summed E-state index contributed by atoms with van der Waals surface area (Å²) in [6.07, 6.45) is 4.56. The van der Waals surface area contributed by atoms with Gasteiger partial charge in [-0.1, -0.05) is 65.8 Å². The van der Waals surface area contributed by atoms with Gasteiger partial charge < -0.3 is 23.7 Å². The summed E-state index contributed by atoms with van der Waals surface area (Å²) >= 11 is 0. The molecule has 0 saturated carbocycles. The predicted octanol–water partition coefficient (Wildman–Crippen LogP) is 5.50. The molecular weight excluding hydrogens is 466 g/mol. The second-order valence-corrected chi connectivity index (χ2v) is 9.63. The predicted molar refractivity (Wildman–Crippen MR) is 143 cm³/mol. The molecule has 1 saturated heterocycles. The van der Waals surface area contributed by atoms with Gasteiger partial charge in [0.1, 0.15) is 11.5 Å². The smallest absolute Gasteiger partial charge is 0.232 e. The lowest BCUT2D eigenvalue weighted by molar-refractivity contribution is 0.00615.